The van der Waals surface area contributed by atoms with Crippen LogP contribution in [0.2, 0.25) is 5.02 Å². The third kappa shape index (κ3) is 5.84. The number of aromatic nitrogens is 2. The molecule has 2 aromatic carbocycles. The van der Waals surface area contributed by atoms with Crippen molar-refractivity contribution < 1.29 is 23.5 Å². The molecule has 2 N–H and O–H groups in total. The molecule has 0 saturated carbocycles. The van der Waals surface area contributed by atoms with E-state index in [4.69, 9.17) is 20.8 Å². The van der Waals surface area contributed by atoms with E-state index >= 15 is 0 Å². The van der Waals surface area contributed by atoms with Gasteiger partial charge in [-0.3, -0.25) is 4.57 Å². The van der Waals surface area contributed by atoms with Crippen molar-refractivity contribution in [2.24, 2.45) is 5.92 Å². The van der Waals surface area contributed by atoms with Gasteiger partial charge in [0.25, 0.3) is 0 Å². The Bertz CT molecular complexity index is 1410. The number of aryl methyl sites for hydroxylation is 2. The van der Waals surface area contributed by atoms with Crippen LogP contribution in [0, 0.1) is 5.92 Å². The van der Waals surface area contributed by atoms with Crippen LogP contribution in [0.4, 0.5) is 0 Å². The molecule has 7 nitrogen and oxygen atoms in total. The summed E-state index contributed by atoms with van der Waals surface area (Å²) in [5, 5.41) is 0.417. The summed E-state index contributed by atoms with van der Waals surface area (Å²) in [5.41, 5.74) is 2.60. The molecule has 0 bridgehead atoms. The highest BCUT2D eigenvalue weighted by Crippen LogP contribution is 2.40. The Hall–Kier alpha value is -2.09. The highest BCUT2D eigenvalue weighted by atomic mass is 79.9. The van der Waals surface area contributed by atoms with Gasteiger partial charge in [-0.05, 0) is 76.7 Å². The minimum atomic E-state index is -4.61. The van der Waals surface area contributed by atoms with Crippen molar-refractivity contribution in [3.63, 3.8) is 0 Å². The summed E-state index contributed by atoms with van der Waals surface area (Å²) in [6.45, 7) is 4.72. The van der Waals surface area contributed by atoms with E-state index in [2.05, 4.69) is 34.8 Å². The number of hydrogen-bond acceptors (Lipinski definition) is 4. The van der Waals surface area contributed by atoms with E-state index in [-0.39, 0.29) is 17.0 Å². The highest BCUT2D eigenvalue weighted by Gasteiger charge is 2.30. The lowest BCUT2D eigenvalue weighted by atomic mass is 10.1. The van der Waals surface area contributed by atoms with E-state index in [1.165, 1.54) is 6.07 Å². The molecule has 186 valence electrons. The van der Waals surface area contributed by atoms with Crippen LogP contribution in [0.15, 0.2) is 51.4 Å². The van der Waals surface area contributed by atoms with Gasteiger partial charge in [0.15, 0.2) is 11.6 Å². The first kappa shape index (κ1) is 26.0. The fourth-order valence-electron chi connectivity index (χ4n) is 4.08. The molecule has 0 spiro atoms. The summed E-state index contributed by atoms with van der Waals surface area (Å²) in [5.74, 6) is 2.03. The molecule has 35 heavy (non-hydrogen) atoms. The number of rotatable bonds is 9. The maximum Gasteiger partial charge on any atom is 0.360 e. The molecule has 0 fully saturated rings. The van der Waals surface area contributed by atoms with Gasteiger partial charge in [0.05, 0.1) is 22.6 Å². The van der Waals surface area contributed by atoms with Gasteiger partial charge in [0.1, 0.15) is 16.8 Å². The van der Waals surface area contributed by atoms with Crippen LogP contribution < -0.4 is 10.0 Å². The number of ether oxygens (including phenoxy) is 1. The molecule has 10 heteroatoms. The second kappa shape index (κ2) is 10.5. The van der Waals surface area contributed by atoms with Gasteiger partial charge in [-0.2, -0.15) is 0 Å². The van der Waals surface area contributed by atoms with Crippen LogP contribution in [-0.4, -0.2) is 26.4 Å². The lowest BCUT2D eigenvalue weighted by molar-refractivity contribution is 0.387. The van der Waals surface area contributed by atoms with Crippen molar-refractivity contribution in [2.45, 2.75) is 39.7 Å². The number of hydrogen-bond donors (Lipinski definition) is 2. The van der Waals surface area contributed by atoms with Crippen LogP contribution in [0.3, 0.4) is 0 Å². The normalized spacial score (nSPS) is 12.1. The van der Waals surface area contributed by atoms with E-state index in [1.54, 1.807) is 19.2 Å². The highest BCUT2D eigenvalue weighted by molar-refractivity contribution is 9.10. The molecular weight excluding hydrogens is 555 g/mol. The summed E-state index contributed by atoms with van der Waals surface area (Å²) in [7, 11) is -2.98. The van der Waals surface area contributed by atoms with Gasteiger partial charge in [-0.25, -0.2) is 4.98 Å². The first-order valence-corrected chi connectivity index (χ1v) is 14.0. The number of methoxy groups -OCH3 is 1. The smallest absolute Gasteiger partial charge is 0.360 e. The molecule has 4 aromatic rings. The average Bonchev–Trinajstić information content (AvgIpc) is 3.35. The Labute approximate surface area is 217 Å². The Kier molecular flexibility index (Phi) is 7.79. The number of fused-ring (bicyclic) bond motifs is 1. The molecule has 2 aromatic heterocycles. The molecule has 0 atom stereocenters. The Balaban J connectivity index is 1.67. The van der Waals surface area contributed by atoms with Crippen molar-refractivity contribution in [1.29, 1.82) is 0 Å². The van der Waals surface area contributed by atoms with Crippen molar-refractivity contribution in [3.8, 4) is 17.3 Å². The van der Waals surface area contributed by atoms with E-state index in [9.17, 15) is 14.4 Å². The molecule has 4 rings (SSSR count). The van der Waals surface area contributed by atoms with E-state index < -0.39 is 7.60 Å². The number of imidazole rings is 1. The fraction of sp³-hybridized carbons (Fsp3) is 0.320. The number of furan rings is 1. The minimum Gasteiger partial charge on any atom is -0.496 e. The zero-order chi connectivity index (χ0) is 25.3. The van der Waals surface area contributed by atoms with Gasteiger partial charge in [-0.15, -0.1) is 0 Å². The topological polar surface area (TPSA) is 97.7 Å². The second-order valence-electron chi connectivity index (χ2n) is 8.87. The summed E-state index contributed by atoms with van der Waals surface area (Å²) in [6.07, 6.45) is 2.03. The molecular formula is C25H27BrClN2O5P. The molecule has 0 aliphatic rings. The van der Waals surface area contributed by atoms with Gasteiger partial charge in [-0.1, -0.05) is 31.5 Å². The van der Waals surface area contributed by atoms with Crippen LogP contribution in [-0.2, 0) is 24.0 Å². The summed E-state index contributed by atoms with van der Waals surface area (Å²) >= 11 is 9.73. The van der Waals surface area contributed by atoms with Crippen LogP contribution in [0.25, 0.3) is 22.6 Å². The Morgan fingerprint density at radius 2 is 1.94 bits per heavy atom. The van der Waals surface area contributed by atoms with E-state index in [1.807, 2.05) is 28.8 Å². The van der Waals surface area contributed by atoms with E-state index in [0.717, 1.165) is 34.1 Å². The Morgan fingerprint density at radius 1 is 1.17 bits per heavy atom. The zero-order valence-corrected chi connectivity index (χ0v) is 22.9. The SMILES string of the molecule is COc1ccc(CCCc2cc(P(=O)(O)O)c(-c3nc4ccc(Cl)cc4n3CC(C)C)o2)cc1Br. The van der Waals surface area contributed by atoms with Gasteiger partial charge >= 0.3 is 7.60 Å². The molecule has 0 aliphatic heterocycles. The van der Waals surface area contributed by atoms with Crippen molar-refractivity contribution in [1.82, 2.24) is 9.55 Å². The molecule has 0 amide bonds. The standard InChI is InChI=1S/C25H27BrClN2O5P/c1-15(2)14-29-21-12-17(27)8-9-20(21)28-25(29)24-23(35(30,31)32)13-18(34-24)6-4-5-16-7-10-22(33-3)19(26)11-16/h7-13,15H,4-6,14H2,1-3H3,(H2,30,31,32). The molecule has 0 aliphatic carbocycles. The van der Waals surface area contributed by atoms with Crippen LogP contribution in [0.5, 0.6) is 5.75 Å². The predicted octanol–water partition coefficient (Wildman–Crippen LogP) is 6.36. The fourth-order valence-corrected chi connectivity index (χ4v) is 5.56. The zero-order valence-electron chi connectivity index (χ0n) is 19.7. The van der Waals surface area contributed by atoms with Crippen molar-refractivity contribution in [2.75, 3.05) is 7.11 Å². The van der Waals surface area contributed by atoms with Gasteiger partial charge in [0.2, 0.25) is 0 Å². The van der Waals surface area contributed by atoms with Crippen molar-refractivity contribution in [3.05, 3.63) is 63.3 Å². The molecule has 0 saturated heterocycles. The third-order valence-corrected chi connectivity index (χ3v) is 7.46. The van der Waals surface area contributed by atoms with Crippen LogP contribution in [0.1, 0.15) is 31.6 Å². The summed E-state index contributed by atoms with van der Waals surface area (Å²) in [4.78, 5) is 24.9. The summed E-state index contributed by atoms with van der Waals surface area (Å²) < 4.78 is 26.5. The maximum atomic E-state index is 12.4. The monoisotopic (exact) mass is 580 g/mol. The third-order valence-electron chi connectivity index (χ3n) is 5.64. The predicted molar refractivity (Wildman–Crippen MR) is 142 cm³/mol. The molecule has 0 unspecified atom stereocenters. The summed E-state index contributed by atoms with van der Waals surface area (Å²) in [6, 6.07) is 12.7. The van der Waals surface area contributed by atoms with Crippen molar-refractivity contribution >= 4 is 51.5 Å². The first-order chi connectivity index (χ1) is 16.6. The second-order valence-corrected chi connectivity index (χ2v) is 11.7. The van der Waals surface area contributed by atoms with Gasteiger partial charge in [0, 0.05) is 18.0 Å². The minimum absolute atomic E-state index is 0.105. The lowest BCUT2D eigenvalue weighted by Gasteiger charge is -2.12. The Morgan fingerprint density at radius 3 is 2.60 bits per heavy atom. The first-order valence-electron chi connectivity index (χ1n) is 11.2. The lowest BCUT2D eigenvalue weighted by Crippen LogP contribution is -2.10. The van der Waals surface area contributed by atoms with Crippen LogP contribution >= 0.6 is 35.1 Å². The maximum absolute atomic E-state index is 12.4. The largest absolute Gasteiger partial charge is 0.496 e. The molecule has 0 radical (unpaired) electrons. The molecule has 2 heterocycles. The average molecular weight is 582 g/mol. The quantitative estimate of drug-likeness (QED) is 0.223. The number of halogens is 2. The van der Waals surface area contributed by atoms with E-state index in [0.29, 0.717) is 35.1 Å². The number of nitrogens with zero attached hydrogens (tertiary/aromatic N) is 2. The van der Waals surface area contributed by atoms with Gasteiger partial charge < -0.3 is 23.5 Å². The number of benzene rings is 2.